The maximum Gasteiger partial charge on any atom is 0.308 e. The van der Waals surface area contributed by atoms with Crippen molar-refractivity contribution in [3.63, 3.8) is 0 Å². The summed E-state index contributed by atoms with van der Waals surface area (Å²) in [5.74, 6) is -1.31. The number of hydrogen-bond acceptors (Lipinski definition) is 8. The van der Waals surface area contributed by atoms with Gasteiger partial charge in [0, 0.05) is 56.7 Å². The molecule has 0 N–H and O–H groups in total. The van der Waals surface area contributed by atoms with Crippen molar-refractivity contribution in [1.82, 2.24) is 0 Å². The highest BCUT2D eigenvalue weighted by Crippen LogP contribution is 2.57. The molecule has 0 amide bonds. The topological polar surface area (TPSA) is 105 Å². The van der Waals surface area contributed by atoms with Crippen LogP contribution in [0.5, 0.6) is 23.0 Å². The first-order valence-corrected chi connectivity index (χ1v) is 12.2. The fraction of sp³-hybridized carbons (Fsp3) is 0.267. The molecule has 2 atom stereocenters. The highest BCUT2D eigenvalue weighted by molar-refractivity contribution is 5.77. The zero-order valence-electron chi connectivity index (χ0n) is 21.7. The lowest BCUT2D eigenvalue weighted by atomic mass is 9.71. The third kappa shape index (κ3) is 4.53. The average Bonchev–Trinajstić information content (AvgIpc) is 3.00. The van der Waals surface area contributed by atoms with Gasteiger partial charge in [-0.25, -0.2) is 0 Å². The Hall–Kier alpha value is -4.46. The van der Waals surface area contributed by atoms with Gasteiger partial charge in [-0.2, -0.15) is 0 Å². The van der Waals surface area contributed by atoms with Crippen LogP contribution in [0.2, 0.25) is 0 Å². The minimum Gasteiger partial charge on any atom is -0.427 e. The van der Waals surface area contributed by atoms with Crippen LogP contribution in [0.15, 0.2) is 42.5 Å². The van der Waals surface area contributed by atoms with Gasteiger partial charge in [0.1, 0.15) is 23.0 Å². The Morgan fingerprint density at radius 1 is 0.632 bits per heavy atom. The zero-order valence-corrected chi connectivity index (χ0v) is 21.7. The number of ether oxygens (including phenoxy) is 4. The summed E-state index contributed by atoms with van der Waals surface area (Å²) in [7, 11) is 0. The smallest absolute Gasteiger partial charge is 0.308 e. The van der Waals surface area contributed by atoms with E-state index in [0.717, 1.165) is 38.9 Å². The van der Waals surface area contributed by atoms with E-state index in [2.05, 4.69) is 0 Å². The Morgan fingerprint density at radius 3 is 1.84 bits per heavy atom. The molecule has 6 rings (SSSR count). The molecule has 8 nitrogen and oxygen atoms in total. The quantitative estimate of drug-likeness (QED) is 0.358. The first kappa shape index (κ1) is 25.2. The van der Waals surface area contributed by atoms with Gasteiger partial charge in [-0.1, -0.05) is 12.1 Å². The number of hydrogen-bond donors (Lipinski definition) is 0. The molecule has 0 aromatic heterocycles. The number of carbonyl (C=O) groups is 4. The molecule has 2 bridgehead atoms. The standard InChI is InChI=1S/C30H26O8/c1-14-8-25-28(26(9-14)37-17(4)33)23-10-19-6-7-20(35-15(2)31)11-22(19)29(25)30-24(23)12-21(36-16(3)32)13-27(30)38-18(5)34/h6-9,11-13,23,29H,10H2,1-5H3. The van der Waals surface area contributed by atoms with Gasteiger partial charge in [0.15, 0.2) is 0 Å². The molecule has 0 heterocycles. The summed E-state index contributed by atoms with van der Waals surface area (Å²) in [5.41, 5.74) is 6.02. The van der Waals surface area contributed by atoms with Gasteiger partial charge in [-0.3, -0.25) is 19.2 Å². The second-order valence-corrected chi connectivity index (χ2v) is 9.62. The summed E-state index contributed by atoms with van der Waals surface area (Å²) in [5, 5.41) is 0. The molecule has 3 aliphatic carbocycles. The van der Waals surface area contributed by atoms with E-state index in [-0.39, 0.29) is 17.4 Å². The molecule has 0 spiro atoms. The first-order valence-electron chi connectivity index (χ1n) is 12.2. The molecule has 3 aromatic carbocycles. The van der Waals surface area contributed by atoms with Crippen molar-refractivity contribution in [2.45, 2.75) is 52.9 Å². The summed E-state index contributed by atoms with van der Waals surface area (Å²) >= 11 is 0. The molecule has 3 aromatic rings. The van der Waals surface area contributed by atoms with Crippen LogP contribution >= 0.6 is 0 Å². The zero-order chi connectivity index (χ0) is 27.3. The van der Waals surface area contributed by atoms with Gasteiger partial charge < -0.3 is 18.9 Å². The van der Waals surface area contributed by atoms with Gasteiger partial charge in [0.2, 0.25) is 0 Å². The summed E-state index contributed by atoms with van der Waals surface area (Å²) in [6.07, 6.45) is 0.520. The van der Waals surface area contributed by atoms with E-state index >= 15 is 0 Å². The van der Waals surface area contributed by atoms with Crippen LogP contribution in [0.3, 0.4) is 0 Å². The SMILES string of the molecule is CC(=O)Oc1cc(OC(C)=O)c2c(c1)C1Cc3ccc(OC(C)=O)cc3C2c2cc(C)cc(OC(C)=O)c21. The highest BCUT2D eigenvalue weighted by atomic mass is 16.5. The highest BCUT2D eigenvalue weighted by Gasteiger charge is 2.43. The molecule has 3 aliphatic rings. The van der Waals surface area contributed by atoms with E-state index in [4.69, 9.17) is 18.9 Å². The van der Waals surface area contributed by atoms with Gasteiger partial charge in [0.25, 0.3) is 0 Å². The van der Waals surface area contributed by atoms with Crippen LogP contribution in [0.25, 0.3) is 0 Å². The monoisotopic (exact) mass is 514 g/mol. The third-order valence-electron chi connectivity index (χ3n) is 6.67. The fourth-order valence-electron chi connectivity index (χ4n) is 5.65. The Kier molecular flexibility index (Phi) is 6.26. The Balaban J connectivity index is 1.86. The molecular weight excluding hydrogens is 488 g/mol. The van der Waals surface area contributed by atoms with E-state index in [0.29, 0.717) is 17.9 Å². The molecule has 0 fully saturated rings. The Morgan fingerprint density at radius 2 is 1.21 bits per heavy atom. The van der Waals surface area contributed by atoms with Crippen molar-refractivity contribution in [2.24, 2.45) is 0 Å². The van der Waals surface area contributed by atoms with Crippen molar-refractivity contribution < 1.29 is 38.1 Å². The van der Waals surface area contributed by atoms with Gasteiger partial charge in [-0.05, 0) is 65.4 Å². The lowest BCUT2D eigenvalue weighted by Crippen LogP contribution is -2.21. The molecule has 38 heavy (non-hydrogen) atoms. The largest absolute Gasteiger partial charge is 0.427 e. The van der Waals surface area contributed by atoms with Crippen LogP contribution in [0, 0.1) is 6.92 Å². The van der Waals surface area contributed by atoms with Gasteiger partial charge in [-0.15, -0.1) is 0 Å². The minimum atomic E-state index is -0.522. The molecule has 0 radical (unpaired) electrons. The van der Waals surface area contributed by atoms with Crippen molar-refractivity contribution in [2.75, 3.05) is 0 Å². The molecule has 0 saturated heterocycles. The lowest BCUT2D eigenvalue weighted by Gasteiger charge is -2.34. The van der Waals surface area contributed by atoms with Crippen molar-refractivity contribution in [1.29, 1.82) is 0 Å². The van der Waals surface area contributed by atoms with Crippen LogP contribution in [0.1, 0.15) is 78.5 Å². The molecule has 194 valence electrons. The fourth-order valence-corrected chi connectivity index (χ4v) is 5.65. The summed E-state index contributed by atoms with van der Waals surface area (Å²) in [6, 6.07) is 12.7. The predicted octanol–water partition coefficient (Wildman–Crippen LogP) is 4.88. The number of benzene rings is 3. The van der Waals surface area contributed by atoms with Crippen LogP contribution in [0.4, 0.5) is 0 Å². The maximum atomic E-state index is 12.2. The minimum absolute atomic E-state index is 0.243. The molecule has 0 aliphatic heterocycles. The maximum absolute atomic E-state index is 12.2. The predicted molar refractivity (Wildman–Crippen MR) is 136 cm³/mol. The van der Waals surface area contributed by atoms with E-state index in [1.165, 1.54) is 27.7 Å². The Labute approximate surface area is 219 Å². The summed E-state index contributed by atoms with van der Waals surface area (Å²) in [6.45, 7) is 7.22. The molecule has 2 unspecified atom stereocenters. The lowest BCUT2D eigenvalue weighted by molar-refractivity contribution is -0.133. The second kappa shape index (κ2) is 9.45. The molecular formula is C30H26O8. The normalized spacial score (nSPS) is 16.3. The van der Waals surface area contributed by atoms with Crippen molar-refractivity contribution in [3.05, 3.63) is 81.4 Å². The van der Waals surface area contributed by atoms with E-state index in [9.17, 15) is 19.2 Å². The number of esters is 4. The number of rotatable bonds is 4. The summed E-state index contributed by atoms with van der Waals surface area (Å²) in [4.78, 5) is 47.8. The van der Waals surface area contributed by atoms with Crippen LogP contribution < -0.4 is 18.9 Å². The van der Waals surface area contributed by atoms with Gasteiger partial charge >= 0.3 is 23.9 Å². The summed E-state index contributed by atoms with van der Waals surface area (Å²) < 4.78 is 22.2. The average molecular weight is 515 g/mol. The second-order valence-electron chi connectivity index (χ2n) is 9.62. The van der Waals surface area contributed by atoms with E-state index in [1.807, 2.05) is 31.2 Å². The van der Waals surface area contributed by atoms with E-state index < -0.39 is 29.8 Å². The number of carbonyl (C=O) groups excluding carboxylic acids is 4. The van der Waals surface area contributed by atoms with Crippen molar-refractivity contribution in [3.8, 4) is 23.0 Å². The first-order chi connectivity index (χ1) is 18.0. The number of aryl methyl sites for hydroxylation is 1. The molecule has 0 saturated carbocycles. The van der Waals surface area contributed by atoms with Crippen LogP contribution in [-0.4, -0.2) is 23.9 Å². The molecule has 8 heteroatoms. The Bertz CT molecular complexity index is 1530. The van der Waals surface area contributed by atoms with Crippen molar-refractivity contribution >= 4 is 23.9 Å². The third-order valence-corrected chi connectivity index (χ3v) is 6.67. The van der Waals surface area contributed by atoms with E-state index in [1.54, 1.807) is 18.2 Å². The van der Waals surface area contributed by atoms with Gasteiger partial charge in [0.05, 0.1) is 0 Å². The van der Waals surface area contributed by atoms with Crippen LogP contribution in [-0.2, 0) is 25.6 Å².